The maximum absolute atomic E-state index is 9.73. The van der Waals surface area contributed by atoms with Crippen molar-refractivity contribution in [2.45, 2.75) is 46.3 Å². The average Bonchev–Trinajstić information content (AvgIpc) is 1.97. The van der Waals surface area contributed by atoms with Gasteiger partial charge in [0.25, 0.3) is 0 Å². The molecule has 13 heavy (non-hydrogen) atoms. The van der Waals surface area contributed by atoms with Crippen molar-refractivity contribution < 1.29 is 9.84 Å². The summed E-state index contributed by atoms with van der Waals surface area (Å²) >= 11 is 5.53. The smallest absolute Gasteiger partial charge is 0.162 e. The Morgan fingerprint density at radius 1 is 1.23 bits per heavy atom. The lowest BCUT2D eigenvalue weighted by atomic mass is 9.98. The van der Waals surface area contributed by atoms with Crippen LogP contribution in [0.5, 0.6) is 0 Å². The van der Waals surface area contributed by atoms with Crippen molar-refractivity contribution in [3.05, 3.63) is 0 Å². The Kier molecular flexibility index (Phi) is 5.26. The highest BCUT2D eigenvalue weighted by Gasteiger charge is 2.23. The van der Waals surface area contributed by atoms with E-state index in [1.165, 1.54) is 0 Å². The fourth-order valence-electron chi connectivity index (χ4n) is 0.839. The predicted molar refractivity (Wildman–Crippen MR) is 56.0 cm³/mol. The average molecular weight is 209 g/mol. The first-order valence-electron chi connectivity index (χ1n) is 4.69. The van der Waals surface area contributed by atoms with Crippen LogP contribution in [0, 0.1) is 5.41 Å². The molecule has 0 amide bonds. The molecule has 0 saturated heterocycles. The third kappa shape index (κ3) is 8.54. The van der Waals surface area contributed by atoms with Gasteiger partial charge in [-0.1, -0.05) is 20.8 Å². The molecule has 0 heterocycles. The van der Waals surface area contributed by atoms with E-state index in [0.717, 1.165) is 6.42 Å². The summed E-state index contributed by atoms with van der Waals surface area (Å²) in [6.07, 6.45) is 1.37. The highest BCUT2D eigenvalue weighted by atomic mass is 35.5. The zero-order valence-corrected chi connectivity index (χ0v) is 9.82. The number of rotatable bonds is 5. The number of hydrogen-bond acceptors (Lipinski definition) is 2. The molecule has 0 rings (SSSR count). The second kappa shape index (κ2) is 5.18. The second-order valence-electron chi connectivity index (χ2n) is 4.82. The minimum atomic E-state index is -1.03. The summed E-state index contributed by atoms with van der Waals surface area (Å²) in [7, 11) is 0. The zero-order valence-electron chi connectivity index (χ0n) is 9.06. The van der Waals surface area contributed by atoms with Gasteiger partial charge in [0.1, 0.15) is 0 Å². The van der Waals surface area contributed by atoms with Gasteiger partial charge in [-0.15, -0.1) is 11.6 Å². The van der Waals surface area contributed by atoms with Crippen LogP contribution in [0.3, 0.4) is 0 Å². The molecule has 0 spiro atoms. The first-order chi connectivity index (χ1) is 5.77. The van der Waals surface area contributed by atoms with Gasteiger partial charge < -0.3 is 9.84 Å². The van der Waals surface area contributed by atoms with Crippen LogP contribution in [0.15, 0.2) is 0 Å². The van der Waals surface area contributed by atoms with Gasteiger partial charge in [0.15, 0.2) is 5.79 Å². The minimum Gasteiger partial charge on any atom is -0.366 e. The van der Waals surface area contributed by atoms with Crippen molar-refractivity contribution in [1.82, 2.24) is 0 Å². The first-order valence-corrected chi connectivity index (χ1v) is 5.23. The molecule has 1 unspecified atom stereocenters. The van der Waals surface area contributed by atoms with E-state index in [4.69, 9.17) is 16.3 Å². The molecular formula is C10H21ClO2. The van der Waals surface area contributed by atoms with Crippen LogP contribution in [0.25, 0.3) is 0 Å². The van der Waals surface area contributed by atoms with Gasteiger partial charge in [0.2, 0.25) is 0 Å². The molecule has 0 aromatic carbocycles. The molecule has 1 atom stereocenters. The van der Waals surface area contributed by atoms with E-state index in [1.807, 2.05) is 0 Å². The fourth-order valence-corrected chi connectivity index (χ4v) is 0.973. The normalized spacial score (nSPS) is 17.1. The van der Waals surface area contributed by atoms with E-state index in [0.29, 0.717) is 18.9 Å². The Morgan fingerprint density at radius 2 is 1.77 bits per heavy atom. The van der Waals surface area contributed by atoms with Gasteiger partial charge in [-0.05, 0) is 18.8 Å². The molecular weight excluding hydrogens is 188 g/mol. The highest BCUT2D eigenvalue weighted by molar-refractivity contribution is 6.17. The van der Waals surface area contributed by atoms with E-state index < -0.39 is 5.79 Å². The molecule has 0 aliphatic heterocycles. The summed E-state index contributed by atoms with van der Waals surface area (Å²) < 4.78 is 5.39. The Bertz CT molecular complexity index is 138. The molecule has 0 fully saturated rings. The zero-order chi connectivity index (χ0) is 10.5. The van der Waals surface area contributed by atoms with E-state index in [-0.39, 0.29) is 5.41 Å². The molecule has 1 N–H and O–H groups in total. The summed E-state index contributed by atoms with van der Waals surface area (Å²) in [5, 5.41) is 9.73. The molecule has 0 saturated carbocycles. The largest absolute Gasteiger partial charge is 0.366 e. The summed E-state index contributed by atoms with van der Waals surface area (Å²) in [5.41, 5.74) is 0.0882. The molecule has 3 heteroatoms. The topological polar surface area (TPSA) is 29.5 Å². The molecule has 0 bridgehead atoms. The molecule has 0 radical (unpaired) electrons. The molecule has 0 aliphatic rings. The van der Waals surface area contributed by atoms with Crippen LogP contribution in [0.2, 0.25) is 0 Å². The van der Waals surface area contributed by atoms with Crippen LogP contribution in [-0.4, -0.2) is 23.4 Å². The van der Waals surface area contributed by atoms with Crippen molar-refractivity contribution in [2.75, 3.05) is 12.5 Å². The maximum atomic E-state index is 9.73. The summed E-state index contributed by atoms with van der Waals surface area (Å²) in [4.78, 5) is 0. The van der Waals surface area contributed by atoms with Gasteiger partial charge in [0.05, 0.1) is 6.61 Å². The van der Waals surface area contributed by atoms with Gasteiger partial charge in [0, 0.05) is 12.3 Å². The number of ether oxygens (including phenoxy) is 1. The molecule has 80 valence electrons. The summed E-state index contributed by atoms with van der Waals surface area (Å²) in [6, 6.07) is 0. The van der Waals surface area contributed by atoms with Crippen LogP contribution >= 0.6 is 11.6 Å². The lowest BCUT2D eigenvalue weighted by Gasteiger charge is -2.28. The molecule has 0 aliphatic carbocycles. The highest BCUT2D eigenvalue weighted by Crippen LogP contribution is 2.20. The van der Waals surface area contributed by atoms with Crippen molar-refractivity contribution in [3.8, 4) is 0 Å². The summed E-state index contributed by atoms with van der Waals surface area (Å²) in [6.45, 7) is 8.47. The number of halogens is 1. The Morgan fingerprint density at radius 3 is 2.15 bits per heavy atom. The van der Waals surface area contributed by atoms with E-state index >= 15 is 0 Å². The fraction of sp³-hybridized carbons (Fsp3) is 1.00. The van der Waals surface area contributed by atoms with Gasteiger partial charge in [-0.2, -0.15) is 0 Å². The molecule has 2 nitrogen and oxygen atoms in total. The Hall–Kier alpha value is 0.210. The van der Waals surface area contributed by atoms with Crippen LogP contribution in [-0.2, 0) is 4.74 Å². The summed E-state index contributed by atoms with van der Waals surface area (Å²) in [5.74, 6) is -0.461. The van der Waals surface area contributed by atoms with E-state index in [9.17, 15) is 5.11 Å². The predicted octanol–water partition coefficient (Wildman–Crippen LogP) is 2.78. The number of aliphatic hydroxyl groups is 1. The number of hydrogen-bond donors (Lipinski definition) is 1. The first kappa shape index (κ1) is 13.2. The van der Waals surface area contributed by atoms with E-state index in [2.05, 4.69) is 20.8 Å². The maximum Gasteiger partial charge on any atom is 0.162 e. The van der Waals surface area contributed by atoms with Crippen LogP contribution < -0.4 is 0 Å². The van der Waals surface area contributed by atoms with Crippen molar-refractivity contribution >= 4 is 11.6 Å². The molecule has 0 aromatic rings. The van der Waals surface area contributed by atoms with Crippen molar-refractivity contribution in [1.29, 1.82) is 0 Å². The Balaban J connectivity index is 3.75. The third-order valence-electron chi connectivity index (χ3n) is 1.59. The van der Waals surface area contributed by atoms with E-state index in [1.54, 1.807) is 6.92 Å². The monoisotopic (exact) mass is 208 g/mol. The van der Waals surface area contributed by atoms with Gasteiger partial charge >= 0.3 is 0 Å². The van der Waals surface area contributed by atoms with Gasteiger partial charge in [-0.25, -0.2) is 0 Å². The lowest BCUT2D eigenvalue weighted by molar-refractivity contribution is -0.207. The Labute approximate surface area is 86.2 Å². The van der Waals surface area contributed by atoms with Crippen molar-refractivity contribution in [2.24, 2.45) is 5.41 Å². The van der Waals surface area contributed by atoms with Gasteiger partial charge in [-0.3, -0.25) is 0 Å². The lowest BCUT2D eigenvalue weighted by Crippen LogP contribution is -2.32. The third-order valence-corrected chi connectivity index (χ3v) is 1.86. The van der Waals surface area contributed by atoms with Crippen molar-refractivity contribution in [3.63, 3.8) is 0 Å². The van der Waals surface area contributed by atoms with Crippen LogP contribution in [0.1, 0.15) is 40.5 Å². The quantitative estimate of drug-likeness (QED) is 0.556. The second-order valence-corrected chi connectivity index (χ2v) is 5.19. The standard InChI is InChI=1S/C10H21ClO2/c1-9(2,3)8-13-10(4,12)6-5-7-11/h12H,5-8H2,1-4H3. The SMILES string of the molecule is CC(C)(C)COC(C)(O)CCCCl. The number of alkyl halides is 1. The van der Waals surface area contributed by atoms with Crippen LogP contribution in [0.4, 0.5) is 0 Å². The minimum absolute atomic E-state index is 0.0882. The molecule has 0 aromatic heterocycles.